The lowest BCUT2D eigenvalue weighted by Gasteiger charge is -2.08. The average molecular weight is 273 g/mol. The van der Waals surface area contributed by atoms with Crippen molar-refractivity contribution in [1.82, 2.24) is 0 Å². The van der Waals surface area contributed by atoms with Crippen LogP contribution in [0.15, 0.2) is 10.1 Å². The second kappa shape index (κ2) is 8.09. The molecule has 0 aromatic carbocycles. The Hall–Kier alpha value is -0.110. The van der Waals surface area contributed by atoms with Crippen molar-refractivity contribution < 1.29 is 4.79 Å². The Bertz CT molecular complexity index is 221. The van der Waals surface area contributed by atoms with Crippen molar-refractivity contribution in [1.29, 1.82) is 0 Å². The molecule has 0 heterocycles. The molecule has 0 unspecified atom stereocenters. The van der Waals surface area contributed by atoms with Crippen LogP contribution >= 0.6 is 15.9 Å². The number of halogens is 1. The number of allylic oxidation sites excluding steroid dienone is 2. The molecule has 1 aliphatic rings. The smallest absolute Gasteiger partial charge is 0.146 e. The highest BCUT2D eigenvalue weighted by Gasteiger charge is 2.05. The normalized spacial score (nSPS) is 26.5. The van der Waals surface area contributed by atoms with E-state index < -0.39 is 0 Å². The van der Waals surface area contributed by atoms with E-state index in [0.717, 1.165) is 29.2 Å². The van der Waals surface area contributed by atoms with Crippen molar-refractivity contribution >= 4 is 22.2 Å². The van der Waals surface area contributed by atoms with E-state index in [0.29, 0.717) is 0 Å². The van der Waals surface area contributed by atoms with Gasteiger partial charge in [0.05, 0.1) is 0 Å². The van der Waals surface area contributed by atoms with E-state index in [2.05, 4.69) is 15.9 Å². The molecule has 0 radical (unpaired) electrons. The van der Waals surface area contributed by atoms with E-state index in [-0.39, 0.29) is 0 Å². The number of rotatable bonds is 1. The van der Waals surface area contributed by atoms with Crippen LogP contribution in [0.25, 0.3) is 0 Å². The second-order valence-corrected chi connectivity index (χ2v) is 5.33. The molecule has 2 heteroatoms. The fourth-order valence-corrected chi connectivity index (χ4v) is 2.65. The lowest BCUT2D eigenvalue weighted by atomic mass is 10.0. The van der Waals surface area contributed by atoms with Crippen LogP contribution in [0.1, 0.15) is 64.2 Å². The molecule has 0 saturated carbocycles. The molecule has 0 saturated heterocycles. The Kier molecular flexibility index (Phi) is 6.99. The average Bonchev–Trinajstić information content (AvgIpc) is 2.23. The van der Waals surface area contributed by atoms with Crippen molar-refractivity contribution in [2.24, 2.45) is 0 Å². The first-order chi connectivity index (χ1) is 7.34. The van der Waals surface area contributed by atoms with Crippen molar-refractivity contribution in [2.45, 2.75) is 64.2 Å². The number of carbonyl (C=O) groups is 1. The van der Waals surface area contributed by atoms with Crippen molar-refractivity contribution in [3.63, 3.8) is 0 Å². The van der Waals surface area contributed by atoms with Gasteiger partial charge in [-0.05, 0) is 25.7 Å². The number of hydrogen-bond donors (Lipinski definition) is 0. The zero-order valence-electron chi connectivity index (χ0n) is 9.43. The standard InChI is InChI=1S/C13H21BrO/c14-13-10-8-6-4-2-1-3-5-7-9-12(13)11-15/h11H,1-10H2/b13-12+. The SMILES string of the molecule is O=C/C1=C(/Br)CCCCCCCCCC1. The highest BCUT2D eigenvalue weighted by molar-refractivity contribution is 9.11. The van der Waals surface area contributed by atoms with Gasteiger partial charge in [0.25, 0.3) is 0 Å². The van der Waals surface area contributed by atoms with Gasteiger partial charge in [0, 0.05) is 10.1 Å². The number of hydrogen-bond acceptors (Lipinski definition) is 1. The third-order valence-electron chi connectivity index (χ3n) is 3.08. The predicted octanol–water partition coefficient (Wildman–Crippen LogP) is 4.75. The molecular formula is C13H21BrO. The first-order valence-electron chi connectivity index (χ1n) is 6.17. The highest BCUT2D eigenvalue weighted by atomic mass is 79.9. The Morgan fingerprint density at radius 1 is 0.800 bits per heavy atom. The van der Waals surface area contributed by atoms with Gasteiger partial charge in [-0.3, -0.25) is 4.79 Å². The maximum atomic E-state index is 10.9. The summed E-state index contributed by atoms with van der Waals surface area (Å²) < 4.78 is 1.15. The van der Waals surface area contributed by atoms with E-state index in [1.54, 1.807) is 0 Å². The summed E-state index contributed by atoms with van der Waals surface area (Å²) in [5, 5.41) is 0. The molecule has 0 spiro atoms. The van der Waals surface area contributed by atoms with Gasteiger partial charge < -0.3 is 0 Å². The van der Waals surface area contributed by atoms with E-state index in [1.165, 1.54) is 51.4 Å². The zero-order valence-corrected chi connectivity index (χ0v) is 11.0. The lowest BCUT2D eigenvalue weighted by Crippen LogP contribution is -1.92. The summed E-state index contributed by atoms with van der Waals surface area (Å²) >= 11 is 3.55. The fourth-order valence-electron chi connectivity index (χ4n) is 2.08. The van der Waals surface area contributed by atoms with Crippen LogP contribution in [-0.2, 0) is 4.79 Å². The third-order valence-corrected chi connectivity index (χ3v) is 3.99. The summed E-state index contributed by atoms with van der Waals surface area (Å²) in [6.45, 7) is 0. The van der Waals surface area contributed by atoms with Gasteiger partial charge in [-0.2, -0.15) is 0 Å². The Morgan fingerprint density at radius 2 is 1.27 bits per heavy atom. The lowest BCUT2D eigenvalue weighted by molar-refractivity contribution is -0.105. The summed E-state index contributed by atoms with van der Waals surface area (Å²) in [4.78, 5) is 10.9. The summed E-state index contributed by atoms with van der Waals surface area (Å²) in [6, 6.07) is 0. The molecule has 0 bridgehead atoms. The Balaban J connectivity index is 2.49. The van der Waals surface area contributed by atoms with Gasteiger partial charge in [0.2, 0.25) is 0 Å². The predicted molar refractivity (Wildman–Crippen MR) is 68.2 cm³/mol. The maximum Gasteiger partial charge on any atom is 0.146 e. The fraction of sp³-hybridized carbons (Fsp3) is 0.769. The topological polar surface area (TPSA) is 17.1 Å². The van der Waals surface area contributed by atoms with Crippen molar-refractivity contribution in [3.05, 3.63) is 10.1 Å². The molecule has 1 rings (SSSR count). The van der Waals surface area contributed by atoms with Gasteiger partial charge >= 0.3 is 0 Å². The van der Waals surface area contributed by atoms with Gasteiger partial charge in [-0.1, -0.05) is 54.5 Å². The van der Waals surface area contributed by atoms with Gasteiger partial charge in [-0.15, -0.1) is 0 Å². The van der Waals surface area contributed by atoms with E-state index >= 15 is 0 Å². The molecule has 0 aromatic rings. The van der Waals surface area contributed by atoms with Gasteiger partial charge in [-0.25, -0.2) is 0 Å². The van der Waals surface area contributed by atoms with E-state index in [1.807, 2.05) is 0 Å². The monoisotopic (exact) mass is 272 g/mol. The van der Waals surface area contributed by atoms with Gasteiger partial charge in [0.1, 0.15) is 6.29 Å². The quantitative estimate of drug-likeness (QED) is 0.630. The van der Waals surface area contributed by atoms with Crippen LogP contribution < -0.4 is 0 Å². The molecule has 86 valence electrons. The van der Waals surface area contributed by atoms with Crippen LogP contribution in [0.2, 0.25) is 0 Å². The minimum Gasteiger partial charge on any atom is -0.298 e. The van der Waals surface area contributed by atoms with Crippen LogP contribution in [0, 0.1) is 0 Å². The first kappa shape index (κ1) is 13.0. The summed E-state index contributed by atoms with van der Waals surface area (Å²) in [7, 11) is 0. The Labute approximate surface area is 101 Å². The van der Waals surface area contributed by atoms with Crippen LogP contribution in [0.4, 0.5) is 0 Å². The molecule has 15 heavy (non-hydrogen) atoms. The molecule has 0 atom stereocenters. The molecule has 0 aliphatic heterocycles. The largest absolute Gasteiger partial charge is 0.298 e. The first-order valence-corrected chi connectivity index (χ1v) is 6.96. The zero-order chi connectivity index (χ0) is 10.9. The van der Waals surface area contributed by atoms with E-state index in [9.17, 15) is 4.79 Å². The molecule has 0 aromatic heterocycles. The second-order valence-electron chi connectivity index (χ2n) is 4.38. The molecule has 0 fully saturated rings. The Morgan fingerprint density at radius 3 is 1.80 bits per heavy atom. The minimum atomic E-state index is 0.962. The molecule has 0 N–H and O–H groups in total. The van der Waals surface area contributed by atoms with Crippen LogP contribution in [0.5, 0.6) is 0 Å². The van der Waals surface area contributed by atoms with Gasteiger partial charge in [0.15, 0.2) is 0 Å². The van der Waals surface area contributed by atoms with Crippen molar-refractivity contribution in [3.8, 4) is 0 Å². The maximum absolute atomic E-state index is 10.9. The van der Waals surface area contributed by atoms with Crippen molar-refractivity contribution in [2.75, 3.05) is 0 Å². The molecule has 1 aliphatic carbocycles. The summed E-state index contributed by atoms with van der Waals surface area (Å²) in [5.74, 6) is 0. The third kappa shape index (κ3) is 5.50. The molecular weight excluding hydrogens is 252 g/mol. The number of aldehydes is 1. The summed E-state index contributed by atoms with van der Waals surface area (Å²) in [6.07, 6.45) is 13.5. The molecule has 0 amide bonds. The summed E-state index contributed by atoms with van der Waals surface area (Å²) in [5.41, 5.74) is 0.996. The highest BCUT2D eigenvalue weighted by Crippen LogP contribution is 2.24. The van der Waals surface area contributed by atoms with Crippen LogP contribution in [-0.4, -0.2) is 6.29 Å². The number of carbonyl (C=O) groups excluding carboxylic acids is 1. The van der Waals surface area contributed by atoms with Crippen LogP contribution in [0.3, 0.4) is 0 Å². The minimum absolute atomic E-state index is 0.962. The van der Waals surface area contributed by atoms with E-state index in [4.69, 9.17) is 0 Å². The molecule has 1 nitrogen and oxygen atoms in total.